The van der Waals surface area contributed by atoms with E-state index < -0.39 is 17.9 Å². The van der Waals surface area contributed by atoms with Crippen LogP contribution in [0.2, 0.25) is 0 Å². The Bertz CT molecular complexity index is 431. The number of amides is 2. The molecule has 16 heavy (non-hydrogen) atoms. The average Bonchev–Trinajstić information content (AvgIpc) is 2.20. The van der Waals surface area contributed by atoms with Crippen molar-refractivity contribution in [1.29, 1.82) is 0 Å². The summed E-state index contributed by atoms with van der Waals surface area (Å²) in [6.07, 6.45) is 0. The zero-order valence-corrected chi connectivity index (χ0v) is 8.86. The molecule has 0 heterocycles. The Morgan fingerprint density at radius 3 is 2.44 bits per heavy atom. The molecule has 1 rings (SSSR count). The molecule has 0 bridgehead atoms. The third kappa shape index (κ3) is 2.41. The maximum atomic E-state index is 11.0. The Morgan fingerprint density at radius 2 is 1.94 bits per heavy atom. The Kier molecular flexibility index (Phi) is 3.34. The van der Waals surface area contributed by atoms with Crippen LogP contribution in [0.5, 0.6) is 0 Å². The highest BCUT2D eigenvalue weighted by Crippen LogP contribution is 2.22. The zero-order chi connectivity index (χ0) is 12.3. The van der Waals surface area contributed by atoms with Crippen molar-refractivity contribution in [3.8, 4) is 0 Å². The van der Waals surface area contributed by atoms with Gasteiger partial charge in [-0.05, 0) is 19.1 Å². The first-order valence-electron chi connectivity index (χ1n) is 4.67. The molecular weight excluding hydrogens is 208 g/mol. The van der Waals surface area contributed by atoms with E-state index in [2.05, 4.69) is 5.32 Å². The van der Waals surface area contributed by atoms with Crippen LogP contribution in [-0.4, -0.2) is 17.9 Å². The number of nitrogens with one attached hydrogen (secondary N) is 1. The van der Waals surface area contributed by atoms with E-state index in [9.17, 15) is 9.59 Å². The molecule has 0 radical (unpaired) electrons. The van der Waals surface area contributed by atoms with Gasteiger partial charge >= 0.3 is 0 Å². The third-order valence-corrected chi connectivity index (χ3v) is 2.17. The molecule has 0 aliphatic rings. The van der Waals surface area contributed by atoms with E-state index in [0.717, 1.165) is 0 Å². The Morgan fingerprint density at radius 1 is 1.31 bits per heavy atom. The lowest BCUT2D eigenvalue weighted by molar-refractivity contribution is -0.118. The van der Waals surface area contributed by atoms with E-state index in [4.69, 9.17) is 17.2 Å². The van der Waals surface area contributed by atoms with Gasteiger partial charge in [0.25, 0.3) is 5.91 Å². The summed E-state index contributed by atoms with van der Waals surface area (Å²) in [6.45, 7) is 1.60. The normalized spacial score (nSPS) is 11.8. The summed E-state index contributed by atoms with van der Waals surface area (Å²) in [5, 5.41) is 2.80. The minimum Gasteiger partial charge on any atom is -0.396 e. The number of hydrogen-bond acceptors (Lipinski definition) is 4. The predicted molar refractivity (Wildman–Crippen MR) is 61.7 cm³/mol. The molecule has 86 valence electrons. The minimum atomic E-state index is -0.618. The van der Waals surface area contributed by atoms with Gasteiger partial charge in [0, 0.05) is 0 Å². The van der Waals surface area contributed by atoms with Gasteiger partial charge in [0.05, 0.1) is 16.9 Å². The number of carbonyl (C=O) groups excluding carboxylic acids is 2. The van der Waals surface area contributed by atoms with Gasteiger partial charge in [-0.15, -0.1) is 0 Å². The van der Waals surface area contributed by atoms with E-state index in [1.807, 2.05) is 0 Å². The maximum Gasteiger partial charge on any atom is 0.250 e. The summed E-state index contributed by atoms with van der Waals surface area (Å²) in [7, 11) is 0. The summed E-state index contributed by atoms with van der Waals surface area (Å²) >= 11 is 0. The second kappa shape index (κ2) is 4.52. The number of rotatable bonds is 4. The van der Waals surface area contributed by atoms with Gasteiger partial charge in [0.2, 0.25) is 5.91 Å². The Hall–Kier alpha value is -2.24. The van der Waals surface area contributed by atoms with Crippen molar-refractivity contribution in [1.82, 2.24) is 0 Å². The third-order valence-electron chi connectivity index (χ3n) is 2.17. The molecule has 2 amide bonds. The number of nitrogens with two attached hydrogens (primary N) is 3. The highest BCUT2D eigenvalue weighted by molar-refractivity contribution is 6.01. The van der Waals surface area contributed by atoms with Gasteiger partial charge < -0.3 is 22.5 Å². The summed E-state index contributed by atoms with van der Waals surface area (Å²) in [4.78, 5) is 21.9. The molecular formula is C10H14N4O2. The number of hydrogen-bond donors (Lipinski definition) is 4. The fourth-order valence-electron chi connectivity index (χ4n) is 1.21. The summed E-state index contributed by atoms with van der Waals surface area (Å²) in [6, 6.07) is 4.19. The number of benzene rings is 1. The number of primary amides is 2. The van der Waals surface area contributed by atoms with E-state index >= 15 is 0 Å². The van der Waals surface area contributed by atoms with Crippen LogP contribution in [0.4, 0.5) is 11.4 Å². The molecule has 1 unspecified atom stereocenters. The first-order chi connectivity index (χ1) is 7.43. The van der Waals surface area contributed by atoms with Gasteiger partial charge in [-0.25, -0.2) is 0 Å². The fraction of sp³-hybridized carbons (Fsp3) is 0.200. The van der Waals surface area contributed by atoms with Gasteiger partial charge in [0.15, 0.2) is 0 Å². The van der Waals surface area contributed by atoms with E-state index in [1.165, 1.54) is 6.07 Å². The number of carbonyl (C=O) groups is 2. The second-order valence-electron chi connectivity index (χ2n) is 3.40. The van der Waals surface area contributed by atoms with Crippen molar-refractivity contribution in [2.75, 3.05) is 11.1 Å². The van der Waals surface area contributed by atoms with Crippen molar-refractivity contribution in [3.63, 3.8) is 0 Å². The van der Waals surface area contributed by atoms with Crippen molar-refractivity contribution >= 4 is 23.2 Å². The first-order valence-corrected chi connectivity index (χ1v) is 4.67. The molecule has 1 aromatic rings. The van der Waals surface area contributed by atoms with Gasteiger partial charge in [-0.3, -0.25) is 9.59 Å². The standard InChI is InChI=1S/C10H14N4O2/c1-5(9(12)15)14-7-4-2-3-6(8(7)11)10(13)16/h2-5,14H,11H2,1H3,(H2,12,15)(H2,13,16). The molecule has 6 nitrogen and oxygen atoms in total. The second-order valence-corrected chi connectivity index (χ2v) is 3.40. The van der Waals surface area contributed by atoms with Gasteiger partial charge in [-0.1, -0.05) is 6.07 Å². The lowest BCUT2D eigenvalue weighted by Gasteiger charge is -2.14. The van der Waals surface area contributed by atoms with E-state index in [0.29, 0.717) is 5.69 Å². The number of anilines is 2. The molecule has 0 aromatic heterocycles. The molecule has 1 aromatic carbocycles. The molecule has 7 N–H and O–H groups in total. The van der Waals surface area contributed by atoms with Crippen LogP contribution in [0.3, 0.4) is 0 Å². The van der Waals surface area contributed by atoms with E-state index in [1.54, 1.807) is 19.1 Å². The highest BCUT2D eigenvalue weighted by Gasteiger charge is 2.13. The lowest BCUT2D eigenvalue weighted by Crippen LogP contribution is -2.32. The van der Waals surface area contributed by atoms with Crippen LogP contribution in [0.1, 0.15) is 17.3 Å². The fourth-order valence-corrected chi connectivity index (χ4v) is 1.21. The average molecular weight is 222 g/mol. The summed E-state index contributed by atoms with van der Waals surface area (Å²) in [5.41, 5.74) is 16.8. The predicted octanol–water partition coefficient (Wildman–Crippen LogP) is -0.347. The molecule has 1 atom stereocenters. The smallest absolute Gasteiger partial charge is 0.250 e. The number of para-hydroxylation sites is 1. The maximum absolute atomic E-state index is 11.0. The molecule has 0 spiro atoms. The zero-order valence-electron chi connectivity index (χ0n) is 8.86. The quantitative estimate of drug-likeness (QED) is 0.520. The molecule has 0 saturated heterocycles. The van der Waals surface area contributed by atoms with Crippen molar-refractivity contribution in [3.05, 3.63) is 23.8 Å². The molecule has 0 aliphatic heterocycles. The summed E-state index contributed by atoms with van der Waals surface area (Å²) in [5.74, 6) is -1.13. The van der Waals surface area contributed by atoms with Crippen LogP contribution >= 0.6 is 0 Å². The van der Waals surface area contributed by atoms with Crippen LogP contribution in [-0.2, 0) is 4.79 Å². The Labute approximate surface area is 92.8 Å². The monoisotopic (exact) mass is 222 g/mol. The van der Waals surface area contributed by atoms with Crippen LogP contribution in [0.15, 0.2) is 18.2 Å². The van der Waals surface area contributed by atoms with Crippen LogP contribution in [0, 0.1) is 0 Å². The lowest BCUT2D eigenvalue weighted by atomic mass is 10.1. The van der Waals surface area contributed by atoms with Crippen molar-refractivity contribution in [2.24, 2.45) is 11.5 Å². The molecule has 0 saturated carbocycles. The topological polar surface area (TPSA) is 124 Å². The van der Waals surface area contributed by atoms with Crippen molar-refractivity contribution in [2.45, 2.75) is 13.0 Å². The van der Waals surface area contributed by atoms with Crippen molar-refractivity contribution < 1.29 is 9.59 Å². The molecule has 0 aliphatic carbocycles. The van der Waals surface area contributed by atoms with E-state index in [-0.39, 0.29) is 11.3 Å². The first kappa shape index (κ1) is 11.8. The largest absolute Gasteiger partial charge is 0.396 e. The van der Waals surface area contributed by atoms with Gasteiger partial charge in [0.1, 0.15) is 6.04 Å². The Balaban J connectivity index is 3.02. The summed E-state index contributed by atoms with van der Waals surface area (Å²) < 4.78 is 0. The minimum absolute atomic E-state index is 0.210. The molecule has 6 heteroatoms. The SMILES string of the molecule is CC(Nc1cccc(C(N)=O)c1N)C(N)=O. The highest BCUT2D eigenvalue weighted by atomic mass is 16.1. The number of nitrogen functional groups attached to an aromatic ring is 1. The van der Waals surface area contributed by atoms with Crippen LogP contribution in [0.25, 0.3) is 0 Å². The van der Waals surface area contributed by atoms with Gasteiger partial charge in [-0.2, -0.15) is 0 Å². The van der Waals surface area contributed by atoms with Crippen LogP contribution < -0.4 is 22.5 Å². The molecule has 0 fully saturated rings.